The van der Waals surface area contributed by atoms with E-state index in [1.807, 2.05) is 0 Å². The quantitative estimate of drug-likeness (QED) is 0.656. The third-order valence-corrected chi connectivity index (χ3v) is 4.40. The Labute approximate surface area is 155 Å². The third-order valence-electron chi connectivity index (χ3n) is 3.89. The van der Waals surface area contributed by atoms with E-state index in [2.05, 4.69) is 10.5 Å². The molecule has 0 saturated carbocycles. The molecular weight excluding hydrogens is 361 g/mol. The number of hydrogen-bond acceptors (Lipinski definition) is 3. The topological polar surface area (TPSA) is 61.8 Å². The van der Waals surface area contributed by atoms with Gasteiger partial charge in [-0.25, -0.2) is 5.43 Å². The van der Waals surface area contributed by atoms with Crippen LogP contribution < -0.4 is 10.3 Å². The Morgan fingerprint density at radius 2 is 1.68 bits per heavy atom. The smallest absolute Gasteiger partial charge is 0.245 e. The highest BCUT2D eigenvalue weighted by Gasteiger charge is 2.35. The monoisotopic (exact) mass is 375 g/mol. The molecule has 1 atom stereocenters. The van der Waals surface area contributed by atoms with E-state index in [1.165, 1.54) is 6.21 Å². The predicted octanol–water partition coefficient (Wildman–Crippen LogP) is 3.50. The molecule has 7 heteroatoms. The Balaban J connectivity index is 1.59. The van der Waals surface area contributed by atoms with Crippen molar-refractivity contribution in [2.75, 3.05) is 11.4 Å². The van der Waals surface area contributed by atoms with Crippen LogP contribution in [0.25, 0.3) is 0 Å². The molecule has 2 amide bonds. The number of amides is 2. The first-order chi connectivity index (χ1) is 12.0. The number of carbonyl (C=O) groups is 2. The van der Waals surface area contributed by atoms with Crippen LogP contribution in [0.5, 0.6) is 0 Å². The Morgan fingerprint density at radius 1 is 1.08 bits per heavy atom. The molecule has 128 valence electrons. The van der Waals surface area contributed by atoms with Crippen molar-refractivity contribution in [2.45, 2.75) is 6.42 Å². The lowest BCUT2D eigenvalue weighted by Crippen LogP contribution is -2.30. The Morgan fingerprint density at radius 3 is 2.32 bits per heavy atom. The molecule has 2 aromatic rings. The minimum atomic E-state index is -0.439. The maximum absolute atomic E-state index is 12.2. The van der Waals surface area contributed by atoms with Crippen LogP contribution in [-0.2, 0) is 9.59 Å². The molecule has 0 aromatic heterocycles. The van der Waals surface area contributed by atoms with Gasteiger partial charge in [-0.05, 0) is 42.0 Å². The summed E-state index contributed by atoms with van der Waals surface area (Å²) in [4.78, 5) is 26.0. The van der Waals surface area contributed by atoms with Gasteiger partial charge in [0.25, 0.3) is 0 Å². The largest absolute Gasteiger partial charge is 0.312 e. The average Bonchev–Trinajstić information content (AvgIpc) is 2.99. The summed E-state index contributed by atoms with van der Waals surface area (Å²) in [6.45, 7) is 0.322. The van der Waals surface area contributed by atoms with Gasteiger partial charge < -0.3 is 4.90 Å². The standard InChI is InChI=1S/C18H15Cl2N3O2/c19-14-3-1-12(2-4-14)10-21-22-18(25)13-9-17(24)23(11-13)16-7-5-15(20)6-8-16/h1-8,10,13H,9,11H2,(H,22,25)/b21-10-/t13-/m1/s1. The van der Waals surface area contributed by atoms with Gasteiger partial charge in [0.05, 0.1) is 12.1 Å². The van der Waals surface area contributed by atoms with Crippen LogP contribution in [-0.4, -0.2) is 24.6 Å². The zero-order chi connectivity index (χ0) is 17.8. The lowest BCUT2D eigenvalue weighted by molar-refractivity contribution is -0.126. The van der Waals surface area contributed by atoms with E-state index < -0.39 is 5.92 Å². The van der Waals surface area contributed by atoms with E-state index >= 15 is 0 Å². The summed E-state index contributed by atoms with van der Waals surface area (Å²) in [6, 6.07) is 14.0. The zero-order valence-electron chi connectivity index (χ0n) is 13.2. The first-order valence-corrected chi connectivity index (χ1v) is 8.43. The Kier molecular flexibility index (Phi) is 5.36. The van der Waals surface area contributed by atoms with Crippen molar-refractivity contribution in [3.05, 3.63) is 64.1 Å². The summed E-state index contributed by atoms with van der Waals surface area (Å²) in [6.07, 6.45) is 1.69. The second-order valence-corrected chi connectivity index (χ2v) is 6.54. The second kappa shape index (κ2) is 7.68. The maximum atomic E-state index is 12.2. The molecule has 0 radical (unpaired) electrons. The van der Waals surface area contributed by atoms with Gasteiger partial charge in [-0.15, -0.1) is 0 Å². The fourth-order valence-electron chi connectivity index (χ4n) is 2.56. The van der Waals surface area contributed by atoms with Crippen molar-refractivity contribution in [2.24, 2.45) is 11.0 Å². The zero-order valence-corrected chi connectivity index (χ0v) is 14.7. The maximum Gasteiger partial charge on any atom is 0.245 e. The molecule has 1 aliphatic heterocycles. The minimum absolute atomic E-state index is 0.0934. The number of rotatable bonds is 4. The average molecular weight is 376 g/mol. The van der Waals surface area contributed by atoms with Crippen molar-refractivity contribution in [1.82, 2.24) is 5.43 Å². The highest BCUT2D eigenvalue weighted by Crippen LogP contribution is 2.26. The molecule has 5 nitrogen and oxygen atoms in total. The molecule has 3 rings (SSSR count). The number of hydrazone groups is 1. The SMILES string of the molecule is O=C(N/N=C\c1ccc(Cl)cc1)[C@@H]1CC(=O)N(c2ccc(Cl)cc2)C1. The summed E-state index contributed by atoms with van der Waals surface area (Å²) in [5.74, 6) is -0.815. The van der Waals surface area contributed by atoms with Crippen molar-refractivity contribution < 1.29 is 9.59 Å². The molecule has 2 aromatic carbocycles. The van der Waals surface area contributed by atoms with Crippen LogP contribution in [0.15, 0.2) is 53.6 Å². The normalized spacial score (nSPS) is 17.3. The Bertz CT molecular complexity index is 804. The van der Waals surface area contributed by atoms with Gasteiger partial charge in [0.2, 0.25) is 11.8 Å². The molecule has 25 heavy (non-hydrogen) atoms. The molecule has 1 fully saturated rings. The van der Waals surface area contributed by atoms with Crippen LogP contribution in [0, 0.1) is 5.92 Å². The highest BCUT2D eigenvalue weighted by molar-refractivity contribution is 6.31. The van der Waals surface area contributed by atoms with Crippen molar-refractivity contribution >= 4 is 46.9 Å². The summed E-state index contributed by atoms with van der Waals surface area (Å²) in [5, 5.41) is 5.17. The van der Waals surface area contributed by atoms with Gasteiger partial charge in [-0.2, -0.15) is 5.10 Å². The van der Waals surface area contributed by atoms with E-state index in [1.54, 1.807) is 53.4 Å². The highest BCUT2D eigenvalue weighted by atomic mass is 35.5. The number of hydrogen-bond donors (Lipinski definition) is 1. The Hall–Kier alpha value is -2.37. The minimum Gasteiger partial charge on any atom is -0.312 e. The van der Waals surface area contributed by atoms with Gasteiger partial charge in [-0.3, -0.25) is 9.59 Å². The van der Waals surface area contributed by atoms with Gasteiger partial charge in [-0.1, -0.05) is 35.3 Å². The summed E-state index contributed by atoms with van der Waals surface area (Å²) in [5.41, 5.74) is 4.03. The first kappa shape index (κ1) is 17.5. The lowest BCUT2D eigenvalue weighted by atomic mass is 10.1. The molecule has 0 spiro atoms. The number of carbonyl (C=O) groups excluding carboxylic acids is 2. The van der Waals surface area contributed by atoms with Gasteiger partial charge in [0.1, 0.15) is 0 Å². The fraction of sp³-hybridized carbons (Fsp3) is 0.167. The number of nitrogens with one attached hydrogen (secondary N) is 1. The molecule has 1 saturated heterocycles. The van der Waals surface area contributed by atoms with Crippen LogP contribution in [0.4, 0.5) is 5.69 Å². The van der Waals surface area contributed by atoms with E-state index in [0.717, 1.165) is 11.3 Å². The molecule has 0 aliphatic carbocycles. The third kappa shape index (κ3) is 4.38. The number of halogens is 2. The summed E-state index contributed by atoms with van der Waals surface area (Å²) in [7, 11) is 0. The van der Waals surface area contributed by atoms with Crippen molar-refractivity contribution in [3.63, 3.8) is 0 Å². The lowest BCUT2D eigenvalue weighted by Gasteiger charge is -2.16. The van der Waals surface area contributed by atoms with Crippen LogP contribution >= 0.6 is 23.2 Å². The van der Waals surface area contributed by atoms with Crippen LogP contribution in [0.2, 0.25) is 10.0 Å². The van der Waals surface area contributed by atoms with Crippen molar-refractivity contribution in [3.8, 4) is 0 Å². The van der Waals surface area contributed by atoms with Crippen molar-refractivity contribution in [1.29, 1.82) is 0 Å². The summed E-state index contributed by atoms with van der Waals surface area (Å²) < 4.78 is 0. The molecule has 0 unspecified atom stereocenters. The van der Waals surface area contributed by atoms with E-state index in [0.29, 0.717) is 16.6 Å². The molecule has 1 heterocycles. The molecular formula is C18H15Cl2N3O2. The number of benzene rings is 2. The molecule has 1 aliphatic rings. The van der Waals surface area contributed by atoms with Crippen LogP contribution in [0.1, 0.15) is 12.0 Å². The van der Waals surface area contributed by atoms with Gasteiger partial charge in [0.15, 0.2) is 0 Å². The van der Waals surface area contributed by atoms with E-state index in [-0.39, 0.29) is 18.2 Å². The van der Waals surface area contributed by atoms with Gasteiger partial charge >= 0.3 is 0 Å². The van der Waals surface area contributed by atoms with Gasteiger partial charge in [0, 0.05) is 28.7 Å². The van der Waals surface area contributed by atoms with E-state index in [9.17, 15) is 9.59 Å². The molecule has 1 N–H and O–H groups in total. The van der Waals surface area contributed by atoms with Crippen LogP contribution in [0.3, 0.4) is 0 Å². The van der Waals surface area contributed by atoms with E-state index in [4.69, 9.17) is 23.2 Å². The molecule has 0 bridgehead atoms. The number of anilines is 1. The fourth-order valence-corrected chi connectivity index (χ4v) is 2.82. The first-order valence-electron chi connectivity index (χ1n) is 7.67. The second-order valence-electron chi connectivity index (χ2n) is 5.67. The number of nitrogens with zero attached hydrogens (tertiary/aromatic N) is 2. The summed E-state index contributed by atoms with van der Waals surface area (Å²) >= 11 is 11.7. The predicted molar refractivity (Wildman–Crippen MR) is 99.1 cm³/mol.